The zero-order valence-electron chi connectivity index (χ0n) is 18.7. The van der Waals surface area contributed by atoms with Crippen LogP contribution >= 0.6 is 11.8 Å². The third kappa shape index (κ3) is 4.64. The van der Waals surface area contributed by atoms with E-state index in [0.717, 1.165) is 16.3 Å². The number of benzene rings is 3. The first-order valence-corrected chi connectivity index (χ1v) is 11.5. The number of methoxy groups -OCH3 is 1. The van der Waals surface area contributed by atoms with E-state index in [2.05, 4.69) is 4.99 Å². The predicted molar refractivity (Wildman–Crippen MR) is 133 cm³/mol. The van der Waals surface area contributed by atoms with Crippen LogP contribution < -0.4 is 4.74 Å². The molecule has 0 radical (unpaired) electrons. The summed E-state index contributed by atoms with van der Waals surface area (Å²) in [5.41, 5.74) is 1.86. The molecule has 0 atom stereocenters. The molecule has 3 aromatic rings. The van der Waals surface area contributed by atoms with E-state index < -0.39 is 5.97 Å². The minimum atomic E-state index is -0.398. The molecule has 1 saturated heterocycles. The normalized spacial score (nSPS) is 16.1. The number of fused-ring (bicyclic) bond motifs is 1. The zero-order valence-corrected chi connectivity index (χ0v) is 19.5. The second-order valence-corrected chi connectivity index (χ2v) is 8.24. The van der Waals surface area contributed by atoms with Gasteiger partial charge in [-0.3, -0.25) is 9.69 Å². The van der Waals surface area contributed by atoms with Gasteiger partial charge in [0.25, 0.3) is 5.91 Å². The van der Waals surface area contributed by atoms with Crippen molar-refractivity contribution in [3.05, 3.63) is 76.7 Å². The molecule has 4 rings (SSSR count). The third-order valence-electron chi connectivity index (χ3n) is 5.21. The quantitative estimate of drug-likeness (QED) is 0.351. The Hall–Kier alpha value is -3.58. The van der Waals surface area contributed by atoms with Gasteiger partial charge >= 0.3 is 5.97 Å². The van der Waals surface area contributed by atoms with Crippen LogP contribution in [0.3, 0.4) is 0 Å². The van der Waals surface area contributed by atoms with Crippen molar-refractivity contribution in [1.82, 2.24) is 4.90 Å². The largest absolute Gasteiger partial charge is 0.496 e. The molecule has 7 heteroatoms. The number of esters is 1. The summed E-state index contributed by atoms with van der Waals surface area (Å²) in [6.45, 7) is 4.45. The van der Waals surface area contributed by atoms with E-state index >= 15 is 0 Å². The summed E-state index contributed by atoms with van der Waals surface area (Å²) < 4.78 is 10.7. The van der Waals surface area contributed by atoms with Gasteiger partial charge in [-0.15, -0.1) is 0 Å². The van der Waals surface area contributed by atoms with Crippen LogP contribution in [0.2, 0.25) is 0 Å². The molecule has 0 spiro atoms. The first kappa shape index (κ1) is 22.6. The van der Waals surface area contributed by atoms with Crippen molar-refractivity contribution in [2.45, 2.75) is 13.8 Å². The number of nitrogens with zero attached hydrogens (tertiary/aromatic N) is 2. The predicted octanol–water partition coefficient (Wildman–Crippen LogP) is 5.65. The van der Waals surface area contributed by atoms with E-state index in [-0.39, 0.29) is 5.91 Å². The maximum Gasteiger partial charge on any atom is 0.338 e. The summed E-state index contributed by atoms with van der Waals surface area (Å²) in [7, 11) is 1.62. The topological polar surface area (TPSA) is 68.2 Å². The number of rotatable bonds is 6. The molecule has 1 aliphatic rings. The lowest BCUT2D eigenvalue weighted by Crippen LogP contribution is -2.28. The fourth-order valence-electron chi connectivity index (χ4n) is 3.63. The number of amides is 1. The fourth-order valence-corrected chi connectivity index (χ4v) is 4.68. The highest BCUT2D eigenvalue weighted by molar-refractivity contribution is 8.18. The van der Waals surface area contributed by atoms with Crippen LogP contribution in [0, 0.1) is 0 Å². The lowest BCUT2D eigenvalue weighted by Gasteiger charge is -2.12. The number of ether oxygens (including phenoxy) is 2. The SMILES string of the molecule is CCOC(=O)c1cccc(N=C2SC(=Cc3c(OC)ccc4ccccc34)C(=O)N2CC)c1. The molecule has 1 fully saturated rings. The molecular weight excluding hydrogens is 436 g/mol. The van der Waals surface area contributed by atoms with Crippen LogP contribution in [0.4, 0.5) is 5.69 Å². The van der Waals surface area contributed by atoms with Crippen molar-refractivity contribution in [3.63, 3.8) is 0 Å². The standard InChI is InChI=1S/C26H24N2O4S/c1-4-28-24(29)23(16-21-20-12-7-6-9-17(20)13-14-22(21)31-3)33-26(28)27-19-11-8-10-18(15-19)25(30)32-5-2/h6-16H,4-5H2,1-3H3. The van der Waals surface area contributed by atoms with Gasteiger partial charge in [-0.1, -0.05) is 36.4 Å². The van der Waals surface area contributed by atoms with E-state index in [1.54, 1.807) is 43.2 Å². The lowest BCUT2D eigenvalue weighted by atomic mass is 10.0. The minimum absolute atomic E-state index is 0.113. The number of amidine groups is 1. The number of thioether (sulfide) groups is 1. The molecule has 33 heavy (non-hydrogen) atoms. The Bertz CT molecular complexity index is 1280. The molecule has 6 nitrogen and oxygen atoms in total. The number of aliphatic imine (C=N–C) groups is 1. The van der Waals surface area contributed by atoms with Crippen LogP contribution in [-0.2, 0) is 9.53 Å². The van der Waals surface area contributed by atoms with Gasteiger partial charge in [0.15, 0.2) is 5.17 Å². The second kappa shape index (κ2) is 9.92. The molecular formula is C26H24N2O4S. The van der Waals surface area contributed by atoms with Crippen molar-refractivity contribution in [2.75, 3.05) is 20.3 Å². The molecule has 0 aromatic heterocycles. The molecule has 0 unspecified atom stereocenters. The number of hydrogen-bond donors (Lipinski definition) is 0. The van der Waals surface area contributed by atoms with E-state index in [9.17, 15) is 9.59 Å². The average molecular weight is 461 g/mol. The van der Waals surface area contributed by atoms with Gasteiger partial charge in [0.2, 0.25) is 0 Å². The molecule has 1 heterocycles. The Balaban J connectivity index is 1.73. The molecule has 0 aliphatic carbocycles. The van der Waals surface area contributed by atoms with Crippen molar-refractivity contribution in [2.24, 2.45) is 4.99 Å². The van der Waals surface area contributed by atoms with E-state index in [1.807, 2.05) is 49.4 Å². The Kier molecular flexibility index (Phi) is 6.79. The Morgan fingerprint density at radius 3 is 2.67 bits per heavy atom. The minimum Gasteiger partial charge on any atom is -0.496 e. The van der Waals surface area contributed by atoms with Gasteiger partial charge in [-0.25, -0.2) is 9.79 Å². The second-order valence-electron chi connectivity index (χ2n) is 7.23. The van der Waals surface area contributed by atoms with Gasteiger partial charge < -0.3 is 9.47 Å². The first-order chi connectivity index (χ1) is 16.0. The molecule has 0 saturated carbocycles. The van der Waals surface area contributed by atoms with Crippen LogP contribution in [0.15, 0.2) is 70.6 Å². The van der Waals surface area contributed by atoms with Gasteiger partial charge in [-0.05, 0) is 66.7 Å². The van der Waals surface area contributed by atoms with E-state index in [1.165, 1.54) is 11.8 Å². The number of hydrogen-bond acceptors (Lipinski definition) is 6. The molecule has 3 aromatic carbocycles. The van der Waals surface area contributed by atoms with Crippen LogP contribution in [0.1, 0.15) is 29.8 Å². The van der Waals surface area contributed by atoms with Crippen molar-refractivity contribution in [3.8, 4) is 5.75 Å². The van der Waals surface area contributed by atoms with Gasteiger partial charge in [0, 0.05) is 12.1 Å². The smallest absolute Gasteiger partial charge is 0.338 e. The molecule has 1 amide bonds. The summed E-state index contributed by atoms with van der Waals surface area (Å²) in [4.78, 5) is 32.1. The maximum absolute atomic E-state index is 13.2. The highest BCUT2D eigenvalue weighted by Gasteiger charge is 2.32. The number of likely N-dealkylation sites (N-methyl/N-ethyl adjacent to an activating group) is 1. The monoisotopic (exact) mass is 460 g/mol. The highest BCUT2D eigenvalue weighted by atomic mass is 32.2. The first-order valence-electron chi connectivity index (χ1n) is 10.7. The Labute approximate surface area is 196 Å². The fraction of sp³-hybridized carbons (Fsp3) is 0.192. The van der Waals surface area contributed by atoms with Crippen molar-refractivity contribution < 1.29 is 19.1 Å². The summed E-state index contributed by atoms with van der Waals surface area (Å²) >= 11 is 1.31. The van der Waals surface area contributed by atoms with Crippen LogP contribution in [0.5, 0.6) is 5.75 Å². The van der Waals surface area contributed by atoms with Crippen LogP contribution in [-0.4, -0.2) is 42.2 Å². The van der Waals surface area contributed by atoms with Crippen LogP contribution in [0.25, 0.3) is 16.8 Å². The maximum atomic E-state index is 13.2. The lowest BCUT2D eigenvalue weighted by molar-refractivity contribution is -0.122. The molecule has 1 aliphatic heterocycles. The summed E-state index contributed by atoms with van der Waals surface area (Å²) in [6, 6.07) is 18.8. The molecule has 0 N–H and O–H groups in total. The van der Waals surface area contributed by atoms with Gasteiger partial charge in [0.05, 0.1) is 29.9 Å². The van der Waals surface area contributed by atoms with E-state index in [4.69, 9.17) is 9.47 Å². The van der Waals surface area contributed by atoms with Gasteiger partial charge in [-0.2, -0.15) is 0 Å². The number of carbonyl (C=O) groups excluding carboxylic acids is 2. The number of carbonyl (C=O) groups is 2. The third-order valence-corrected chi connectivity index (χ3v) is 6.22. The molecule has 0 bridgehead atoms. The Morgan fingerprint density at radius 2 is 1.91 bits per heavy atom. The van der Waals surface area contributed by atoms with Gasteiger partial charge in [0.1, 0.15) is 5.75 Å². The summed E-state index contributed by atoms with van der Waals surface area (Å²) in [5.74, 6) is 0.189. The molecule has 168 valence electrons. The zero-order chi connectivity index (χ0) is 23.4. The highest BCUT2D eigenvalue weighted by Crippen LogP contribution is 2.37. The van der Waals surface area contributed by atoms with Crippen molar-refractivity contribution >= 4 is 51.3 Å². The average Bonchev–Trinajstić information content (AvgIpc) is 3.13. The summed E-state index contributed by atoms with van der Waals surface area (Å²) in [6.07, 6.45) is 1.87. The van der Waals surface area contributed by atoms with E-state index in [0.29, 0.717) is 40.2 Å². The van der Waals surface area contributed by atoms with Crippen molar-refractivity contribution in [1.29, 1.82) is 0 Å². The Morgan fingerprint density at radius 1 is 1.09 bits per heavy atom. The summed E-state index contributed by atoms with van der Waals surface area (Å²) in [5, 5.41) is 2.64.